The van der Waals surface area contributed by atoms with Gasteiger partial charge in [0.1, 0.15) is 0 Å². The number of amides is 1. The fourth-order valence-corrected chi connectivity index (χ4v) is 3.77. The number of hydrogen-bond donors (Lipinski definition) is 1. The Balaban J connectivity index is 1.72. The Morgan fingerprint density at radius 2 is 2.26 bits per heavy atom. The molecule has 1 N–H and O–H groups in total. The van der Waals surface area contributed by atoms with Crippen LogP contribution < -0.4 is 0 Å². The molecule has 1 saturated heterocycles. The number of likely N-dealkylation sites (tertiary alicyclic amines) is 1. The molecule has 104 valence electrons. The van der Waals surface area contributed by atoms with Crippen LogP contribution >= 0.6 is 27.3 Å². The second kappa shape index (κ2) is 6.52. The maximum absolute atomic E-state index is 11.9. The summed E-state index contributed by atoms with van der Waals surface area (Å²) in [4.78, 5) is 25.7. The molecule has 1 fully saturated rings. The summed E-state index contributed by atoms with van der Waals surface area (Å²) in [5.41, 5.74) is 0. The topological polar surface area (TPSA) is 57.6 Å². The average Bonchev–Trinajstić information content (AvgIpc) is 2.98. The molecule has 1 atom stereocenters. The highest BCUT2D eigenvalue weighted by atomic mass is 79.9. The third kappa shape index (κ3) is 4.04. The van der Waals surface area contributed by atoms with Crippen LogP contribution in [0.2, 0.25) is 0 Å². The molecule has 2 rings (SSSR count). The minimum atomic E-state index is -0.793. The highest BCUT2D eigenvalue weighted by Gasteiger charge is 2.30. The first-order valence-electron chi connectivity index (χ1n) is 6.31. The molecule has 0 saturated carbocycles. The van der Waals surface area contributed by atoms with Crippen molar-refractivity contribution < 1.29 is 14.7 Å². The van der Waals surface area contributed by atoms with Gasteiger partial charge in [0.25, 0.3) is 0 Å². The van der Waals surface area contributed by atoms with Crippen molar-refractivity contribution in [2.75, 3.05) is 13.1 Å². The third-order valence-corrected chi connectivity index (χ3v) is 5.02. The van der Waals surface area contributed by atoms with Crippen LogP contribution in [0.4, 0.5) is 0 Å². The van der Waals surface area contributed by atoms with Gasteiger partial charge < -0.3 is 10.0 Å². The summed E-state index contributed by atoms with van der Waals surface area (Å²) in [6, 6.07) is 4.08. The van der Waals surface area contributed by atoms with Crippen LogP contribution in [0, 0.1) is 5.92 Å². The van der Waals surface area contributed by atoms with Gasteiger partial charge in [0.05, 0.1) is 9.70 Å². The number of aliphatic carboxylic acids is 1. The van der Waals surface area contributed by atoms with Gasteiger partial charge in [0.2, 0.25) is 5.91 Å². The van der Waals surface area contributed by atoms with E-state index < -0.39 is 5.97 Å². The van der Waals surface area contributed by atoms with Crippen molar-refractivity contribution in [2.24, 2.45) is 5.92 Å². The van der Waals surface area contributed by atoms with E-state index >= 15 is 0 Å². The largest absolute Gasteiger partial charge is 0.481 e. The summed E-state index contributed by atoms with van der Waals surface area (Å²) >= 11 is 5.10. The molecule has 4 nitrogen and oxygen atoms in total. The molecular weight excluding hydrogens is 330 g/mol. The Labute approximate surface area is 124 Å². The lowest BCUT2D eigenvalue weighted by Gasteiger charge is -2.15. The van der Waals surface area contributed by atoms with Crippen molar-refractivity contribution in [3.05, 3.63) is 20.8 Å². The average molecular weight is 346 g/mol. The highest BCUT2D eigenvalue weighted by Crippen LogP contribution is 2.24. The maximum atomic E-state index is 11.9. The van der Waals surface area contributed by atoms with E-state index in [4.69, 9.17) is 5.11 Å². The number of halogens is 1. The maximum Gasteiger partial charge on any atom is 0.308 e. The highest BCUT2D eigenvalue weighted by molar-refractivity contribution is 9.11. The zero-order valence-corrected chi connectivity index (χ0v) is 12.9. The Morgan fingerprint density at radius 1 is 1.47 bits per heavy atom. The fourth-order valence-electron chi connectivity index (χ4n) is 2.25. The summed E-state index contributed by atoms with van der Waals surface area (Å²) in [5.74, 6) is -1.09. The Kier molecular flexibility index (Phi) is 4.99. The van der Waals surface area contributed by atoms with Gasteiger partial charge >= 0.3 is 5.97 Å². The summed E-state index contributed by atoms with van der Waals surface area (Å²) in [6.45, 7) is 0.957. The first kappa shape index (κ1) is 14.5. The van der Waals surface area contributed by atoms with Gasteiger partial charge in [-0.15, -0.1) is 11.3 Å². The van der Waals surface area contributed by atoms with Crippen LogP contribution in [0.15, 0.2) is 15.9 Å². The normalized spacial score (nSPS) is 18.8. The summed E-state index contributed by atoms with van der Waals surface area (Å²) in [5, 5.41) is 8.90. The van der Waals surface area contributed by atoms with Crippen molar-refractivity contribution in [1.82, 2.24) is 4.90 Å². The second-order valence-corrected chi connectivity index (χ2v) is 7.27. The smallest absolute Gasteiger partial charge is 0.308 e. The number of nitrogens with zero attached hydrogens (tertiary/aromatic N) is 1. The van der Waals surface area contributed by atoms with Gasteiger partial charge in [-0.3, -0.25) is 9.59 Å². The van der Waals surface area contributed by atoms with Crippen LogP contribution in [0.25, 0.3) is 0 Å². The summed E-state index contributed by atoms with van der Waals surface area (Å²) in [6.07, 6.45) is 2.80. The van der Waals surface area contributed by atoms with E-state index in [1.807, 2.05) is 6.07 Å². The van der Waals surface area contributed by atoms with Gasteiger partial charge in [0.15, 0.2) is 0 Å². The van der Waals surface area contributed by atoms with Gasteiger partial charge in [-0.05, 0) is 47.3 Å². The van der Waals surface area contributed by atoms with Crippen molar-refractivity contribution >= 4 is 39.1 Å². The molecule has 6 heteroatoms. The molecule has 0 aromatic carbocycles. The predicted octanol–water partition coefficient (Wildman–Crippen LogP) is 2.77. The molecule has 1 amide bonds. The van der Waals surface area contributed by atoms with Crippen LogP contribution in [0.1, 0.15) is 24.1 Å². The number of hydrogen-bond acceptors (Lipinski definition) is 3. The molecule has 1 aromatic rings. The lowest BCUT2D eigenvalue weighted by atomic mass is 10.1. The van der Waals surface area contributed by atoms with Crippen molar-refractivity contribution in [3.63, 3.8) is 0 Å². The Morgan fingerprint density at radius 3 is 2.84 bits per heavy atom. The molecule has 0 aliphatic carbocycles. The number of thiophene rings is 1. The van der Waals surface area contributed by atoms with Crippen LogP contribution in [0.3, 0.4) is 0 Å². The molecule has 0 bridgehead atoms. The number of carbonyl (C=O) groups excluding carboxylic acids is 1. The SMILES string of the molecule is O=C(O)[C@@H]1CCN(C(=O)CCCc2ccc(Br)s2)C1. The minimum absolute atomic E-state index is 0.0828. The minimum Gasteiger partial charge on any atom is -0.481 e. The summed E-state index contributed by atoms with van der Waals surface area (Å²) in [7, 11) is 0. The van der Waals surface area contributed by atoms with E-state index in [0.717, 1.165) is 16.6 Å². The first-order valence-corrected chi connectivity index (χ1v) is 7.92. The number of carboxylic acid groups (broad SMARTS) is 1. The van der Waals surface area contributed by atoms with Crippen molar-refractivity contribution in [2.45, 2.75) is 25.7 Å². The van der Waals surface area contributed by atoms with E-state index in [9.17, 15) is 9.59 Å². The number of carbonyl (C=O) groups is 2. The molecule has 0 spiro atoms. The molecule has 1 aromatic heterocycles. The number of aryl methyl sites for hydroxylation is 1. The zero-order chi connectivity index (χ0) is 13.8. The van der Waals surface area contributed by atoms with Crippen LogP contribution in [-0.2, 0) is 16.0 Å². The van der Waals surface area contributed by atoms with Gasteiger partial charge in [-0.25, -0.2) is 0 Å². The van der Waals surface area contributed by atoms with Crippen LogP contribution in [-0.4, -0.2) is 35.0 Å². The Bertz CT molecular complexity index is 474. The zero-order valence-electron chi connectivity index (χ0n) is 10.5. The lowest BCUT2D eigenvalue weighted by Crippen LogP contribution is -2.29. The van der Waals surface area contributed by atoms with Crippen molar-refractivity contribution in [1.29, 1.82) is 0 Å². The lowest BCUT2D eigenvalue weighted by molar-refractivity contribution is -0.141. The number of rotatable bonds is 5. The Hall–Kier alpha value is -0.880. The van der Waals surface area contributed by atoms with E-state index in [1.165, 1.54) is 4.88 Å². The quantitative estimate of drug-likeness (QED) is 0.892. The predicted molar refractivity (Wildman–Crippen MR) is 77.3 cm³/mol. The van der Waals surface area contributed by atoms with Gasteiger partial charge in [0, 0.05) is 24.4 Å². The van der Waals surface area contributed by atoms with E-state index in [2.05, 4.69) is 22.0 Å². The van der Waals surface area contributed by atoms with E-state index in [0.29, 0.717) is 25.9 Å². The summed E-state index contributed by atoms with van der Waals surface area (Å²) < 4.78 is 1.11. The molecule has 1 aliphatic rings. The monoisotopic (exact) mass is 345 g/mol. The molecule has 0 unspecified atom stereocenters. The third-order valence-electron chi connectivity index (χ3n) is 3.33. The van der Waals surface area contributed by atoms with Crippen LogP contribution in [0.5, 0.6) is 0 Å². The molecule has 1 aliphatic heterocycles. The molecule has 2 heterocycles. The second-order valence-electron chi connectivity index (χ2n) is 4.72. The van der Waals surface area contributed by atoms with E-state index in [1.54, 1.807) is 16.2 Å². The molecule has 19 heavy (non-hydrogen) atoms. The van der Waals surface area contributed by atoms with Gasteiger partial charge in [-0.1, -0.05) is 0 Å². The fraction of sp³-hybridized carbons (Fsp3) is 0.538. The standard InChI is InChI=1S/C13H16BrNO3S/c14-11-5-4-10(19-11)2-1-3-12(16)15-7-6-9(8-15)13(17)18/h4-5,9H,1-3,6-8H2,(H,17,18)/t9-/m1/s1. The molecular formula is C13H16BrNO3S. The molecule has 0 radical (unpaired) electrons. The van der Waals surface area contributed by atoms with Gasteiger partial charge in [-0.2, -0.15) is 0 Å². The number of carboxylic acids is 1. The first-order chi connectivity index (χ1) is 9.06. The van der Waals surface area contributed by atoms with E-state index in [-0.39, 0.29) is 11.8 Å². The van der Waals surface area contributed by atoms with Crippen molar-refractivity contribution in [3.8, 4) is 0 Å².